The van der Waals surface area contributed by atoms with Gasteiger partial charge in [-0.1, -0.05) is 6.92 Å². The van der Waals surface area contributed by atoms with Crippen LogP contribution in [0.1, 0.15) is 18.3 Å². The van der Waals surface area contributed by atoms with Crippen molar-refractivity contribution in [1.29, 1.82) is 0 Å². The van der Waals surface area contributed by atoms with E-state index in [-0.39, 0.29) is 0 Å². The van der Waals surface area contributed by atoms with Crippen LogP contribution >= 0.6 is 27.5 Å². The van der Waals surface area contributed by atoms with E-state index < -0.39 is 0 Å². The Kier molecular flexibility index (Phi) is 3.80. The summed E-state index contributed by atoms with van der Waals surface area (Å²) < 4.78 is 3.04. The maximum absolute atomic E-state index is 5.77. The average molecular weight is 266 g/mol. The fourth-order valence-corrected chi connectivity index (χ4v) is 1.89. The number of hydrogen-bond acceptors (Lipinski definition) is 1. The number of alkyl halides is 1. The average Bonchev–Trinajstić information content (AvgIpc) is 2.32. The van der Waals surface area contributed by atoms with Crippen molar-refractivity contribution in [3.05, 3.63) is 15.9 Å². The van der Waals surface area contributed by atoms with Gasteiger partial charge in [-0.15, -0.1) is 11.6 Å². The summed E-state index contributed by atoms with van der Waals surface area (Å²) in [5.74, 6) is 1.18. The summed E-state index contributed by atoms with van der Waals surface area (Å²) in [4.78, 5) is 0. The van der Waals surface area contributed by atoms with E-state index in [0.29, 0.717) is 11.8 Å². The summed E-state index contributed by atoms with van der Waals surface area (Å²) in [7, 11) is 1.97. The van der Waals surface area contributed by atoms with Crippen molar-refractivity contribution in [2.75, 3.05) is 5.88 Å². The monoisotopic (exact) mass is 264 g/mol. The quantitative estimate of drug-likeness (QED) is 0.769. The molecule has 0 saturated carbocycles. The summed E-state index contributed by atoms with van der Waals surface area (Å²) in [5, 5.41) is 4.32. The molecule has 0 N–H and O–H groups in total. The van der Waals surface area contributed by atoms with Crippen LogP contribution in [0.25, 0.3) is 0 Å². The number of rotatable bonds is 3. The highest BCUT2D eigenvalue weighted by Crippen LogP contribution is 2.23. The van der Waals surface area contributed by atoms with Crippen LogP contribution in [-0.4, -0.2) is 15.7 Å². The van der Waals surface area contributed by atoms with Gasteiger partial charge in [-0.3, -0.25) is 4.68 Å². The van der Waals surface area contributed by atoms with E-state index in [1.807, 2.05) is 18.7 Å². The molecule has 0 spiro atoms. The standard InChI is InChI=1S/C9H14BrClN2/c1-6(5-11)4-8-9(10)7(2)12-13(8)3/h6H,4-5H2,1-3H3. The van der Waals surface area contributed by atoms with Crippen LogP contribution in [0.2, 0.25) is 0 Å². The summed E-state index contributed by atoms with van der Waals surface area (Å²) in [6, 6.07) is 0. The number of aromatic nitrogens is 2. The van der Waals surface area contributed by atoms with Crippen LogP contribution in [0.5, 0.6) is 0 Å². The second-order valence-electron chi connectivity index (χ2n) is 3.43. The van der Waals surface area contributed by atoms with Crippen LogP contribution in [-0.2, 0) is 13.5 Å². The van der Waals surface area contributed by atoms with Crippen molar-refractivity contribution >= 4 is 27.5 Å². The zero-order valence-electron chi connectivity index (χ0n) is 8.14. The molecule has 0 aliphatic carbocycles. The molecular formula is C9H14BrClN2. The van der Waals surface area contributed by atoms with Crippen molar-refractivity contribution in [3.8, 4) is 0 Å². The molecule has 74 valence electrons. The highest BCUT2D eigenvalue weighted by Gasteiger charge is 2.12. The smallest absolute Gasteiger partial charge is 0.0738 e. The fraction of sp³-hybridized carbons (Fsp3) is 0.667. The molecule has 0 radical (unpaired) electrons. The van der Waals surface area contributed by atoms with Crippen molar-refractivity contribution in [3.63, 3.8) is 0 Å². The molecule has 1 rings (SSSR count). The number of aryl methyl sites for hydroxylation is 2. The van der Waals surface area contributed by atoms with Gasteiger partial charge in [-0.2, -0.15) is 5.10 Å². The van der Waals surface area contributed by atoms with Gasteiger partial charge in [0.25, 0.3) is 0 Å². The Morgan fingerprint density at radius 1 is 1.62 bits per heavy atom. The molecule has 2 nitrogen and oxygen atoms in total. The molecule has 0 aliphatic heterocycles. The van der Waals surface area contributed by atoms with Crippen molar-refractivity contribution in [1.82, 2.24) is 9.78 Å². The first-order chi connectivity index (χ1) is 6.06. The number of hydrogen-bond donors (Lipinski definition) is 0. The van der Waals surface area contributed by atoms with Crippen LogP contribution in [0, 0.1) is 12.8 Å². The highest BCUT2D eigenvalue weighted by atomic mass is 79.9. The second-order valence-corrected chi connectivity index (χ2v) is 4.53. The Bertz CT molecular complexity index is 296. The van der Waals surface area contributed by atoms with Gasteiger partial charge < -0.3 is 0 Å². The Hall–Kier alpha value is -0.0200. The van der Waals surface area contributed by atoms with E-state index in [1.165, 1.54) is 5.69 Å². The first kappa shape index (κ1) is 11.1. The van der Waals surface area contributed by atoms with Gasteiger partial charge in [0.15, 0.2) is 0 Å². The Morgan fingerprint density at radius 3 is 2.62 bits per heavy atom. The van der Waals surface area contributed by atoms with E-state index in [1.54, 1.807) is 0 Å². The Morgan fingerprint density at radius 2 is 2.23 bits per heavy atom. The third-order valence-corrected chi connectivity index (χ3v) is 3.63. The molecule has 0 fully saturated rings. The Labute approximate surface area is 92.4 Å². The molecule has 1 aromatic rings. The predicted octanol–water partition coefficient (Wildman–Crippen LogP) is 2.91. The number of nitrogens with zero attached hydrogens (tertiary/aromatic N) is 2. The molecule has 0 amide bonds. The molecule has 0 bridgehead atoms. The summed E-state index contributed by atoms with van der Waals surface area (Å²) in [6.07, 6.45) is 0.974. The molecule has 1 unspecified atom stereocenters. The molecule has 13 heavy (non-hydrogen) atoms. The van der Waals surface area contributed by atoms with E-state index in [2.05, 4.69) is 28.0 Å². The third kappa shape index (κ3) is 2.47. The maximum Gasteiger partial charge on any atom is 0.0738 e. The molecule has 4 heteroatoms. The lowest BCUT2D eigenvalue weighted by atomic mass is 10.1. The molecular weight excluding hydrogens is 251 g/mol. The van der Waals surface area contributed by atoms with Gasteiger partial charge in [0.05, 0.1) is 15.9 Å². The van der Waals surface area contributed by atoms with Crippen LogP contribution < -0.4 is 0 Å². The first-order valence-electron chi connectivity index (χ1n) is 4.30. The molecule has 0 aliphatic rings. The maximum atomic E-state index is 5.77. The van der Waals surface area contributed by atoms with Crippen LogP contribution in [0.4, 0.5) is 0 Å². The molecule has 1 heterocycles. The molecule has 0 aromatic carbocycles. The highest BCUT2D eigenvalue weighted by molar-refractivity contribution is 9.10. The molecule has 1 aromatic heterocycles. The minimum atomic E-state index is 0.493. The van der Waals surface area contributed by atoms with Crippen molar-refractivity contribution < 1.29 is 0 Å². The fourth-order valence-electron chi connectivity index (χ4n) is 1.29. The third-order valence-electron chi connectivity index (χ3n) is 2.07. The molecule has 1 atom stereocenters. The first-order valence-corrected chi connectivity index (χ1v) is 5.63. The van der Waals surface area contributed by atoms with Gasteiger partial charge in [0.2, 0.25) is 0 Å². The predicted molar refractivity (Wildman–Crippen MR) is 59.2 cm³/mol. The van der Waals surface area contributed by atoms with E-state index in [4.69, 9.17) is 11.6 Å². The zero-order chi connectivity index (χ0) is 10.0. The SMILES string of the molecule is Cc1nn(C)c(CC(C)CCl)c1Br. The van der Waals surface area contributed by atoms with Crippen LogP contribution in [0.15, 0.2) is 4.47 Å². The minimum absolute atomic E-state index is 0.493. The van der Waals surface area contributed by atoms with Crippen LogP contribution in [0.3, 0.4) is 0 Å². The van der Waals surface area contributed by atoms with E-state index in [0.717, 1.165) is 16.6 Å². The van der Waals surface area contributed by atoms with E-state index in [9.17, 15) is 0 Å². The summed E-state index contributed by atoms with van der Waals surface area (Å²) >= 11 is 9.30. The lowest BCUT2D eigenvalue weighted by Gasteiger charge is -2.07. The lowest BCUT2D eigenvalue weighted by molar-refractivity contribution is 0.598. The summed E-state index contributed by atoms with van der Waals surface area (Å²) in [6.45, 7) is 4.14. The normalized spacial score (nSPS) is 13.3. The van der Waals surface area contributed by atoms with Gasteiger partial charge >= 0.3 is 0 Å². The number of halogens is 2. The second kappa shape index (κ2) is 4.47. The summed E-state index contributed by atoms with van der Waals surface area (Å²) in [5.41, 5.74) is 2.27. The topological polar surface area (TPSA) is 17.8 Å². The lowest BCUT2D eigenvalue weighted by Crippen LogP contribution is -2.06. The zero-order valence-corrected chi connectivity index (χ0v) is 10.5. The minimum Gasteiger partial charge on any atom is -0.271 e. The van der Waals surface area contributed by atoms with Gasteiger partial charge in [-0.25, -0.2) is 0 Å². The Balaban J connectivity index is 2.87. The van der Waals surface area contributed by atoms with Gasteiger partial charge in [0.1, 0.15) is 0 Å². The van der Waals surface area contributed by atoms with Gasteiger partial charge in [0, 0.05) is 12.9 Å². The van der Waals surface area contributed by atoms with Crippen molar-refractivity contribution in [2.45, 2.75) is 20.3 Å². The van der Waals surface area contributed by atoms with Gasteiger partial charge in [-0.05, 0) is 35.2 Å². The molecule has 0 saturated heterocycles. The van der Waals surface area contributed by atoms with E-state index >= 15 is 0 Å². The largest absolute Gasteiger partial charge is 0.271 e. The van der Waals surface area contributed by atoms with Crippen molar-refractivity contribution in [2.24, 2.45) is 13.0 Å².